The van der Waals surface area contributed by atoms with Gasteiger partial charge in [0.1, 0.15) is 6.61 Å². The molecule has 0 spiro atoms. The molecule has 0 amide bonds. The van der Waals surface area contributed by atoms with Gasteiger partial charge in [0.2, 0.25) is 0 Å². The molecule has 0 rings (SSSR count). The number of hydrogen-bond donors (Lipinski definition) is 1. The highest BCUT2D eigenvalue weighted by molar-refractivity contribution is 5.72. The number of carbonyl (C=O) groups excluding carboxylic acids is 2. The normalized spacial score (nSPS) is 13.8. The van der Waals surface area contributed by atoms with Gasteiger partial charge in [-0.2, -0.15) is 0 Å². The standard InChI is InChI=1S/C56H91NO7/c1-6-8-10-12-14-16-18-20-22-24-26-28-30-32-34-36-38-40-42-44-46-54(58)63-51-52(50-62-49-48-53(56(60)61)57(3,4)5)64-55(59)47-45-43-41-39-37-35-33-31-29-27-25-23-21-19-17-15-13-11-9-7-2/h8-11,14-17,20-23,26-29,32,34,52-53H,6-7,12-13,18-19,24-25,30-31,33,35-51H2,1-5H3/p+1/b10-8+,11-9+,16-14+,17-15+,22-20+,23-21+,28-26+,29-27+,34-32+. The van der Waals surface area contributed by atoms with E-state index in [1.165, 1.54) is 19.3 Å². The smallest absolute Gasteiger partial charge is 0.362 e. The third-order valence-electron chi connectivity index (χ3n) is 10.4. The Labute approximate surface area is 391 Å². The number of hydrogen-bond acceptors (Lipinski definition) is 6. The monoisotopic (exact) mass is 891 g/mol. The lowest BCUT2D eigenvalue weighted by Crippen LogP contribution is -2.50. The molecule has 8 heteroatoms. The van der Waals surface area contributed by atoms with Gasteiger partial charge in [-0.1, -0.05) is 168 Å². The van der Waals surface area contributed by atoms with Crippen molar-refractivity contribution >= 4 is 17.9 Å². The Balaban J connectivity index is 4.37. The molecule has 8 nitrogen and oxygen atoms in total. The SMILES string of the molecule is CC/C=C/C/C=C/C/C=C/C/C=C/C/C=C/CCCCCCC(=O)OCC(COCCC(C(=O)O)[N+](C)(C)C)OC(=O)CCCCCCCCC/C=C/C/C=C/C/C=C/C/C=C/CC. The Kier molecular flexibility index (Phi) is 42.7. The summed E-state index contributed by atoms with van der Waals surface area (Å²) in [5.74, 6) is -1.53. The first-order valence-corrected chi connectivity index (χ1v) is 24.9. The quantitative estimate of drug-likeness (QED) is 0.0282. The second-order valence-corrected chi connectivity index (χ2v) is 17.3. The molecule has 0 saturated carbocycles. The minimum Gasteiger partial charge on any atom is -0.477 e. The van der Waals surface area contributed by atoms with Crippen molar-refractivity contribution in [2.45, 2.75) is 187 Å². The molecule has 0 aromatic heterocycles. The largest absolute Gasteiger partial charge is 0.477 e. The third kappa shape index (κ3) is 43.3. The molecule has 0 heterocycles. The molecule has 1 N–H and O–H groups in total. The summed E-state index contributed by atoms with van der Waals surface area (Å²) < 4.78 is 17.3. The van der Waals surface area contributed by atoms with E-state index in [2.05, 4.69) is 123 Å². The van der Waals surface area contributed by atoms with Gasteiger partial charge in [-0.05, 0) is 96.3 Å². The van der Waals surface area contributed by atoms with E-state index in [0.29, 0.717) is 19.3 Å². The number of rotatable bonds is 43. The predicted molar refractivity (Wildman–Crippen MR) is 270 cm³/mol. The summed E-state index contributed by atoms with van der Waals surface area (Å²) in [7, 11) is 5.51. The number of carboxylic acids is 1. The Morgan fingerprint density at radius 2 is 0.828 bits per heavy atom. The van der Waals surface area contributed by atoms with Gasteiger partial charge in [0, 0.05) is 19.3 Å². The highest BCUT2D eigenvalue weighted by Gasteiger charge is 2.31. The van der Waals surface area contributed by atoms with Crippen LogP contribution in [-0.4, -0.2) is 80.6 Å². The molecule has 0 aromatic rings. The van der Waals surface area contributed by atoms with E-state index in [9.17, 15) is 19.5 Å². The van der Waals surface area contributed by atoms with E-state index in [4.69, 9.17) is 14.2 Å². The van der Waals surface area contributed by atoms with E-state index >= 15 is 0 Å². The Bertz CT molecular complexity index is 1410. The molecule has 0 saturated heterocycles. The Hall–Kier alpha value is -4.01. The topological polar surface area (TPSA) is 99.1 Å². The fourth-order valence-electron chi connectivity index (χ4n) is 6.64. The number of nitrogens with zero attached hydrogens (tertiary/aromatic N) is 1. The Morgan fingerprint density at radius 1 is 0.469 bits per heavy atom. The maximum absolute atomic E-state index is 12.8. The Morgan fingerprint density at radius 3 is 1.22 bits per heavy atom. The van der Waals surface area contributed by atoms with Gasteiger partial charge >= 0.3 is 17.9 Å². The van der Waals surface area contributed by atoms with Crippen molar-refractivity contribution in [3.63, 3.8) is 0 Å². The molecule has 0 fully saturated rings. The van der Waals surface area contributed by atoms with Crippen LogP contribution >= 0.6 is 0 Å². The van der Waals surface area contributed by atoms with Crippen LogP contribution in [-0.2, 0) is 28.6 Å². The summed E-state index contributed by atoms with van der Waals surface area (Å²) in [6.07, 6.45) is 62.7. The van der Waals surface area contributed by atoms with E-state index in [1.807, 2.05) is 21.1 Å². The summed E-state index contributed by atoms with van der Waals surface area (Å²) in [4.78, 5) is 37.2. The summed E-state index contributed by atoms with van der Waals surface area (Å²) in [6, 6.07) is -0.628. The zero-order valence-corrected chi connectivity index (χ0v) is 41.2. The molecule has 362 valence electrons. The van der Waals surface area contributed by atoms with Gasteiger partial charge in [-0.15, -0.1) is 0 Å². The van der Waals surface area contributed by atoms with Gasteiger partial charge in [-0.25, -0.2) is 4.79 Å². The molecule has 2 unspecified atom stereocenters. The number of likely N-dealkylation sites (N-methyl/N-ethyl adjacent to an activating group) is 1. The molecule has 64 heavy (non-hydrogen) atoms. The molecule has 0 radical (unpaired) electrons. The van der Waals surface area contributed by atoms with Crippen molar-refractivity contribution in [2.75, 3.05) is 41.0 Å². The molecule has 0 aliphatic carbocycles. The summed E-state index contributed by atoms with van der Waals surface area (Å²) in [6.45, 7) is 4.46. The van der Waals surface area contributed by atoms with Crippen LogP contribution in [0.15, 0.2) is 109 Å². The second kappa shape index (κ2) is 45.6. The van der Waals surface area contributed by atoms with Crippen LogP contribution < -0.4 is 0 Å². The van der Waals surface area contributed by atoms with Gasteiger partial charge in [0.25, 0.3) is 0 Å². The summed E-state index contributed by atoms with van der Waals surface area (Å²) >= 11 is 0. The zero-order valence-electron chi connectivity index (χ0n) is 41.2. The van der Waals surface area contributed by atoms with Crippen LogP contribution in [0.2, 0.25) is 0 Å². The fourth-order valence-corrected chi connectivity index (χ4v) is 6.64. The number of allylic oxidation sites excluding steroid dienone is 18. The van der Waals surface area contributed by atoms with Crippen molar-refractivity contribution in [3.8, 4) is 0 Å². The first-order valence-electron chi connectivity index (χ1n) is 24.9. The minimum absolute atomic E-state index is 0.0409. The average molecular weight is 891 g/mol. The van der Waals surface area contributed by atoms with Gasteiger partial charge in [-0.3, -0.25) is 9.59 Å². The van der Waals surface area contributed by atoms with E-state index in [0.717, 1.165) is 122 Å². The van der Waals surface area contributed by atoms with Crippen molar-refractivity contribution in [2.24, 2.45) is 0 Å². The minimum atomic E-state index is -0.885. The number of carbonyl (C=O) groups is 3. The maximum Gasteiger partial charge on any atom is 0.362 e. The number of quaternary nitrogens is 1. The highest BCUT2D eigenvalue weighted by Crippen LogP contribution is 2.13. The first kappa shape index (κ1) is 60.0. The molecule has 2 atom stereocenters. The van der Waals surface area contributed by atoms with Gasteiger partial charge in [0.15, 0.2) is 12.1 Å². The first-order chi connectivity index (χ1) is 31.1. The number of esters is 2. The lowest BCUT2D eigenvalue weighted by Gasteiger charge is -2.31. The van der Waals surface area contributed by atoms with Crippen LogP contribution in [0.5, 0.6) is 0 Å². The lowest BCUT2D eigenvalue weighted by atomic mass is 10.1. The van der Waals surface area contributed by atoms with Gasteiger partial charge in [0.05, 0.1) is 34.4 Å². The molecule has 0 bridgehead atoms. The van der Waals surface area contributed by atoms with Crippen LogP contribution in [0.3, 0.4) is 0 Å². The van der Waals surface area contributed by atoms with Crippen molar-refractivity contribution in [1.29, 1.82) is 0 Å². The van der Waals surface area contributed by atoms with E-state index in [-0.39, 0.29) is 36.2 Å². The maximum atomic E-state index is 12.8. The summed E-state index contributed by atoms with van der Waals surface area (Å²) in [5, 5.41) is 9.65. The average Bonchev–Trinajstić information content (AvgIpc) is 3.26. The van der Waals surface area contributed by atoms with Crippen LogP contribution in [0.1, 0.15) is 174 Å². The molecular formula is C56H92NO7+. The van der Waals surface area contributed by atoms with Crippen molar-refractivity contribution in [3.05, 3.63) is 109 Å². The summed E-state index contributed by atoms with van der Waals surface area (Å²) in [5.41, 5.74) is 0. The number of unbranched alkanes of at least 4 members (excludes halogenated alkanes) is 11. The van der Waals surface area contributed by atoms with Crippen LogP contribution in [0.4, 0.5) is 0 Å². The molecule has 0 aliphatic rings. The van der Waals surface area contributed by atoms with E-state index in [1.54, 1.807) is 0 Å². The number of ether oxygens (including phenoxy) is 3. The lowest BCUT2D eigenvalue weighted by molar-refractivity contribution is -0.887. The zero-order chi connectivity index (χ0) is 47.0. The van der Waals surface area contributed by atoms with Crippen molar-refractivity contribution in [1.82, 2.24) is 0 Å². The van der Waals surface area contributed by atoms with Gasteiger partial charge < -0.3 is 23.8 Å². The molecular weight excluding hydrogens is 799 g/mol. The van der Waals surface area contributed by atoms with Crippen LogP contribution in [0.25, 0.3) is 0 Å². The molecule has 0 aliphatic heterocycles. The van der Waals surface area contributed by atoms with E-state index < -0.39 is 18.1 Å². The second-order valence-electron chi connectivity index (χ2n) is 17.3. The number of carboxylic acid groups (broad SMARTS) is 1. The van der Waals surface area contributed by atoms with Crippen LogP contribution in [0, 0.1) is 0 Å². The third-order valence-corrected chi connectivity index (χ3v) is 10.4. The predicted octanol–water partition coefficient (Wildman–Crippen LogP) is 14.4. The van der Waals surface area contributed by atoms with Crippen molar-refractivity contribution < 1.29 is 38.2 Å². The highest BCUT2D eigenvalue weighted by atomic mass is 16.6. The fraction of sp³-hybridized carbons (Fsp3) is 0.625. The number of aliphatic carboxylic acids is 1. The molecule has 0 aromatic carbocycles.